The van der Waals surface area contributed by atoms with Crippen LogP contribution in [0.3, 0.4) is 0 Å². The summed E-state index contributed by atoms with van der Waals surface area (Å²) in [6.07, 6.45) is 0. The van der Waals surface area contributed by atoms with Crippen molar-refractivity contribution in [2.24, 2.45) is 0 Å². The Labute approximate surface area is 277 Å². The number of anilines is 3. The van der Waals surface area contributed by atoms with E-state index in [0.717, 1.165) is 66.5 Å². The predicted molar refractivity (Wildman–Crippen MR) is 196 cm³/mol. The van der Waals surface area contributed by atoms with Crippen molar-refractivity contribution in [3.05, 3.63) is 170 Å². The fourth-order valence-electron chi connectivity index (χ4n) is 6.41. The molecule has 0 amide bonds. The van der Waals surface area contributed by atoms with Crippen LogP contribution in [0.1, 0.15) is 0 Å². The lowest BCUT2D eigenvalue weighted by molar-refractivity contribution is 0.669. The number of hydrogen-bond donors (Lipinski definition) is 0. The van der Waals surface area contributed by atoms with Crippen LogP contribution < -0.4 is 4.90 Å². The van der Waals surface area contributed by atoms with Crippen LogP contribution in [0.2, 0.25) is 0 Å². The van der Waals surface area contributed by atoms with E-state index < -0.39 is 0 Å². The Morgan fingerprint density at radius 1 is 0.396 bits per heavy atom. The second-order valence-corrected chi connectivity index (χ2v) is 11.7. The molecule has 7 aromatic carbocycles. The van der Waals surface area contributed by atoms with Crippen molar-refractivity contribution in [3.63, 3.8) is 0 Å². The fourth-order valence-corrected chi connectivity index (χ4v) is 6.41. The Morgan fingerprint density at radius 2 is 0.896 bits per heavy atom. The minimum atomic E-state index is 0.607. The molecule has 226 valence electrons. The Morgan fingerprint density at radius 3 is 1.48 bits per heavy atom. The van der Waals surface area contributed by atoms with Crippen molar-refractivity contribution in [3.8, 4) is 34.2 Å². The van der Waals surface area contributed by atoms with Crippen LogP contribution >= 0.6 is 0 Å². The SMILES string of the molecule is c1ccc(-c2nc(-c3ccccc3)nc(-c3ccc4oc5c(N(c6ccccc6)c6ccccc6)c6ccccc6cc5c4c3)n2)cc1. The van der Waals surface area contributed by atoms with Gasteiger partial charge < -0.3 is 9.32 Å². The Balaban J connectivity index is 1.29. The van der Waals surface area contributed by atoms with Gasteiger partial charge in [-0.25, -0.2) is 15.0 Å². The molecule has 5 heteroatoms. The molecule has 0 N–H and O–H groups in total. The third-order valence-corrected chi connectivity index (χ3v) is 8.67. The van der Waals surface area contributed by atoms with Gasteiger partial charge in [0.15, 0.2) is 23.1 Å². The van der Waals surface area contributed by atoms with Gasteiger partial charge in [0.05, 0.1) is 5.69 Å². The molecule has 9 rings (SSSR count). The van der Waals surface area contributed by atoms with Gasteiger partial charge in [-0.3, -0.25) is 0 Å². The maximum absolute atomic E-state index is 6.80. The highest BCUT2D eigenvalue weighted by atomic mass is 16.3. The van der Waals surface area contributed by atoms with E-state index in [2.05, 4.69) is 89.8 Å². The number of benzene rings is 7. The molecular formula is C43H28N4O. The van der Waals surface area contributed by atoms with Crippen LogP contribution in [0.25, 0.3) is 66.9 Å². The number of rotatable bonds is 6. The smallest absolute Gasteiger partial charge is 0.164 e. The molecule has 9 aromatic rings. The molecule has 2 heterocycles. The quantitative estimate of drug-likeness (QED) is 0.186. The van der Waals surface area contributed by atoms with E-state index in [0.29, 0.717) is 17.5 Å². The third kappa shape index (κ3) is 4.86. The number of fused-ring (bicyclic) bond motifs is 4. The molecule has 48 heavy (non-hydrogen) atoms. The molecule has 0 fully saturated rings. The average Bonchev–Trinajstić information content (AvgIpc) is 3.53. The number of para-hydroxylation sites is 2. The molecule has 0 saturated heterocycles. The molecule has 5 nitrogen and oxygen atoms in total. The summed E-state index contributed by atoms with van der Waals surface area (Å²) in [6.45, 7) is 0. The summed E-state index contributed by atoms with van der Waals surface area (Å²) in [7, 11) is 0. The van der Waals surface area contributed by atoms with Crippen molar-refractivity contribution in [2.75, 3.05) is 4.90 Å². The van der Waals surface area contributed by atoms with Crippen molar-refractivity contribution in [2.45, 2.75) is 0 Å². The zero-order valence-electron chi connectivity index (χ0n) is 25.9. The van der Waals surface area contributed by atoms with E-state index in [9.17, 15) is 0 Å². The molecular weight excluding hydrogens is 589 g/mol. The molecule has 0 radical (unpaired) electrons. The first-order valence-corrected chi connectivity index (χ1v) is 16.0. The Hall–Kier alpha value is -6.59. The summed E-state index contributed by atoms with van der Waals surface area (Å²) in [6, 6.07) is 58.0. The maximum atomic E-state index is 6.80. The number of nitrogens with zero attached hydrogens (tertiary/aromatic N) is 4. The second-order valence-electron chi connectivity index (χ2n) is 11.7. The van der Waals surface area contributed by atoms with Crippen molar-refractivity contribution >= 4 is 49.8 Å². The van der Waals surface area contributed by atoms with Crippen LogP contribution in [-0.2, 0) is 0 Å². The Bertz CT molecular complexity index is 2450. The summed E-state index contributed by atoms with van der Waals surface area (Å²) in [5.74, 6) is 1.87. The van der Waals surface area contributed by atoms with Crippen LogP contribution in [0.15, 0.2) is 174 Å². The molecule has 0 spiro atoms. The standard InChI is InChI=1S/C43H28N4O/c1-5-15-29(16-6-1)41-44-42(30-17-7-2-8-18-30)46-43(45-41)32-25-26-38-36(28-32)37-27-31-19-13-14-24-35(31)39(40(37)48-38)47(33-20-9-3-10-21-33)34-22-11-4-12-23-34/h1-28H. The van der Waals surface area contributed by atoms with Gasteiger partial charge >= 0.3 is 0 Å². The van der Waals surface area contributed by atoms with E-state index in [4.69, 9.17) is 19.4 Å². The number of hydrogen-bond acceptors (Lipinski definition) is 5. The monoisotopic (exact) mass is 616 g/mol. The Kier molecular flexibility index (Phi) is 6.72. The van der Waals surface area contributed by atoms with Crippen molar-refractivity contribution < 1.29 is 4.42 Å². The normalized spacial score (nSPS) is 11.3. The van der Waals surface area contributed by atoms with Gasteiger partial charge in [-0.15, -0.1) is 0 Å². The molecule has 0 aliphatic heterocycles. The predicted octanol–water partition coefficient (Wildman–Crippen LogP) is 11.4. The van der Waals surface area contributed by atoms with Crippen LogP contribution in [0, 0.1) is 0 Å². The lowest BCUT2D eigenvalue weighted by Gasteiger charge is -2.26. The molecule has 0 bridgehead atoms. The van der Waals surface area contributed by atoms with E-state index in [1.165, 1.54) is 0 Å². The lowest BCUT2D eigenvalue weighted by atomic mass is 10.0. The zero-order valence-corrected chi connectivity index (χ0v) is 25.9. The highest BCUT2D eigenvalue weighted by Gasteiger charge is 2.23. The average molecular weight is 617 g/mol. The first-order valence-electron chi connectivity index (χ1n) is 16.0. The summed E-state index contributed by atoms with van der Waals surface area (Å²) in [5.41, 5.74) is 7.48. The summed E-state index contributed by atoms with van der Waals surface area (Å²) >= 11 is 0. The molecule has 0 unspecified atom stereocenters. The zero-order chi connectivity index (χ0) is 31.9. The molecule has 0 atom stereocenters. The largest absolute Gasteiger partial charge is 0.454 e. The minimum absolute atomic E-state index is 0.607. The van der Waals surface area contributed by atoms with E-state index >= 15 is 0 Å². The van der Waals surface area contributed by atoms with Gasteiger partial charge in [0.25, 0.3) is 0 Å². The highest BCUT2D eigenvalue weighted by molar-refractivity contribution is 6.19. The van der Waals surface area contributed by atoms with Gasteiger partial charge in [0, 0.05) is 44.2 Å². The van der Waals surface area contributed by atoms with Gasteiger partial charge in [-0.2, -0.15) is 0 Å². The molecule has 2 aromatic heterocycles. The second kappa shape index (κ2) is 11.6. The number of aromatic nitrogens is 3. The van der Waals surface area contributed by atoms with Gasteiger partial charge in [-0.1, -0.05) is 121 Å². The van der Waals surface area contributed by atoms with Crippen molar-refractivity contribution in [1.82, 2.24) is 15.0 Å². The van der Waals surface area contributed by atoms with Gasteiger partial charge in [0.2, 0.25) is 0 Å². The first kappa shape index (κ1) is 27.7. The van der Waals surface area contributed by atoms with Gasteiger partial charge in [-0.05, 0) is 53.9 Å². The van der Waals surface area contributed by atoms with Crippen LogP contribution in [-0.4, -0.2) is 15.0 Å². The minimum Gasteiger partial charge on any atom is -0.454 e. The third-order valence-electron chi connectivity index (χ3n) is 8.67. The topological polar surface area (TPSA) is 55.1 Å². The first-order chi connectivity index (χ1) is 23.8. The maximum Gasteiger partial charge on any atom is 0.164 e. The summed E-state index contributed by atoms with van der Waals surface area (Å²) in [4.78, 5) is 17.1. The van der Waals surface area contributed by atoms with E-state index in [1.54, 1.807) is 0 Å². The molecule has 0 aliphatic carbocycles. The highest BCUT2D eigenvalue weighted by Crippen LogP contribution is 2.46. The van der Waals surface area contributed by atoms with Crippen LogP contribution in [0.4, 0.5) is 17.1 Å². The molecule has 0 aliphatic rings. The fraction of sp³-hybridized carbons (Fsp3) is 0. The lowest BCUT2D eigenvalue weighted by Crippen LogP contribution is -2.10. The van der Waals surface area contributed by atoms with E-state index in [-0.39, 0.29) is 0 Å². The molecule has 0 saturated carbocycles. The van der Waals surface area contributed by atoms with Crippen LogP contribution in [0.5, 0.6) is 0 Å². The van der Waals surface area contributed by atoms with Crippen molar-refractivity contribution in [1.29, 1.82) is 0 Å². The van der Waals surface area contributed by atoms with Gasteiger partial charge in [0.1, 0.15) is 5.58 Å². The summed E-state index contributed by atoms with van der Waals surface area (Å²) in [5, 5.41) is 4.26. The summed E-state index contributed by atoms with van der Waals surface area (Å²) < 4.78 is 6.80. The van der Waals surface area contributed by atoms with E-state index in [1.807, 2.05) is 84.9 Å². The number of furan rings is 1.